The van der Waals surface area contributed by atoms with E-state index in [4.69, 9.17) is 16.6 Å². The van der Waals surface area contributed by atoms with Gasteiger partial charge in [-0.25, -0.2) is 4.98 Å². The molecule has 0 spiro atoms. The van der Waals surface area contributed by atoms with Crippen molar-refractivity contribution < 1.29 is 4.79 Å². The van der Waals surface area contributed by atoms with E-state index in [1.54, 1.807) is 21.6 Å². The molecule has 0 saturated carbocycles. The van der Waals surface area contributed by atoms with Crippen molar-refractivity contribution >= 4 is 56.6 Å². The number of amides is 1. The molecule has 1 amide bonds. The number of benzene rings is 4. The molecular weight excluding hydrogens is 490 g/mol. The number of hydrogen-bond donors (Lipinski definition) is 0. The van der Waals surface area contributed by atoms with E-state index in [-0.39, 0.29) is 17.2 Å². The molecule has 180 valence electrons. The van der Waals surface area contributed by atoms with E-state index in [1.807, 2.05) is 86.6 Å². The third kappa shape index (κ3) is 4.50. The van der Waals surface area contributed by atoms with Gasteiger partial charge in [0.05, 0.1) is 28.0 Å². The van der Waals surface area contributed by atoms with Gasteiger partial charge < -0.3 is 4.90 Å². The minimum absolute atomic E-state index is 0.0604. The maximum absolute atomic E-state index is 13.5. The summed E-state index contributed by atoms with van der Waals surface area (Å²) < 4.78 is 1.54. The summed E-state index contributed by atoms with van der Waals surface area (Å²) in [6.45, 7) is 4.40. The zero-order chi connectivity index (χ0) is 25.2. The minimum Gasteiger partial charge on any atom is -0.311 e. The third-order valence-electron chi connectivity index (χ3n) is 6.16. The van der Waals surface area contributed by atoms with Gasteiger partial charge in [-0.1, -0.05) is 78.0 Å². The Balaban J connectivity index is 1.53. The van der Waals surface area contributed by atoms with Crippen molar-refractivity contribution in [1.82, 2.24) is 9.55 Å². The molecule has 0 aliphatic carbocycles. The van der Waals surface area contributed by atoms with Crippen LogP contribution in [0.1, 0.15) is 12.5 Å². The standard InChI is InChI=1S/C29H24ClN3O2S/c1-3-32(26-14-8-10-20-9-4-5-11-22(20)26)27(34)18-36-29-31-25-13-7-6-12-23(25)28(35)33(29)21-16-15-19(2)24(30)17-21/h4-17H,3,18H2,1-2H3. The molecule has 1 heterocycles. The Morgan fingerprint density at radius 2 is 1.69 bits per heavy atom. The number of fused-ring (bicyclic) bond motifs is 2. The summed E-state index contributed by atoms with van der Waals surface area (Å²) in [5, 5.41) is 3.62. The summed E-state index contributed by atoms with van der Waals surface area (Å²) in [4.78, 5) is 33.5. The summed E-state index contributed by atoms with van der Waals surface area (Å²) in [6.07, 6.45) is 0. The number of para-hydroxylation sites is 1. The van der Waals surface area contributed by atoms with Gasteiger partial charge in [0.2, 0.25) is 5.91 Å². The fraction of sp³-hybridized carbons (Fsp3) is 0.138. The van der Waals surface area contributed by atoms with Gasteiger partial charge in [0.25, 0.3) is 5.56 Å². The molecule has 36 heavy (non-hydrogen) atoms. The van der Waals surface area contributed by atoms with Gasteiger partial charge in [-0.05, 0) is 55.1 Å². The smallest absolute Gasteiger partial charge is 0.266 e. The largest absolute Gasteiger partial charge is 0.311 e. The van der Waals surface area contributed by atoms with Crippen LogP contribution in [0.4, 0.5) is 5.69 Å². The first-order chi connectivity index (χ1) is 17.5. The second-order valence-corrected chi connectivity index (χ2v) is 9.76. The van der Waals surface area contributed by atoms with Gasteiger partial charge in [0.1, 0.15) is 0 Å². The monoisotopic (exact) mass is 513 g/mol. The Labute approximate surface area is 218 Å². The van der Waals surface area contributed by atoms with E-state index in [0.29, 0.717) is 33.3 Å². The van der Waals surface area contributed by atoms with Gasteiger partial charge in [-0.3, -0.25) is 14.2 Å². The maximum atomic E-state index is 13.5. The Kier molecular flexibility index (Phi) is 6.81. The van der Waals surface area contributed by atoms with Gasteiger partial charge >= 0.3 is 0 Å². The van der Waals surface area contributed by atoms with Crippen LogP contribution in [0.2, 0.25) is 5.02 Å². The molecule has 0 unspecified atom stereocenters. The number of thioether (sulfide) groups is 1. The number of hydrogen-bond acceptors (Lipinski definition) is 4. The van der Waals surface area contributed by atoms with Gasteiger partial charge in [-0.2, -0.15) is 0 Å². The maximum Gasteiger partial charge on any atom is 0.266 e. The fourth-order valence-electron chi connectivity index (χ4n) is 4.29. The van der Waals surface area contributed by atoms with Crippen molar-refractivity contribution in [1.29, 1.82) is 0 Å². The zero-order valence-electron chi connectivity index (χ0n) is 19.9. The second-order valence-electron chi connectivity index (χ2n) is 8.41. The van der Waals surface area contributed by atoms with Gasteiger partial charge in [0.15, 0.2) is 5.16 Å². The van der Waals surface area contributed by atoms with Crippen molar-refractivity contribution in [2.45, 2.75) is 19.0 Å². The lowest BCUT2D eigenvalue weighted by Crippen LogP contribution is -2.32. The topological polar surface area (TPSA) is 55.2 Å². The van der Waals surface area contributed by atoms with Crippen molar-refractivity contribution in [3.8, 4) is 5.69 Å². The van der Waals surface area contributed by atoms with Crippen LogP contribution < -0.4 is 10.5 Å². The average molecular weight is 514 g/mol. The summed E-state index contributed by atoms with van der Waals surface area (Å²) in [6, 6.07) is 26.7. The molecule has 5 nitrogen and oxygen atoms in total. The second kappa shape index (κ2) is 10.2. The molecule has 4 aromatic carbocycles. The predicted molar refractivity (Wildman–Crippen MR) is 150 cm³/mol. The number of aromatic nitrogens is 2. The van der Waals surface area contributed by atoms with Crippen molar-refractivity contribution in [3.63, 3.8) is 0 Å². The molecule has 5 rings (SSSR count). The normalized spacial score (nSPS) is 11.2. The molecule has 7 heteroatoms. The van der Waals surface area contributed by atoms with Crippen LogP contribution in [0, 0.1) is 6.92 Å². The Hall–Kier alpha value is -3.61. The lowest BCUT2D eigenvalue weighted by molar-refractivity contribution is -0.116. The summed E-state index contributed by atoms with van der Waals surface area (Å²) in [5.41, 5.74) is 2.80. The first kappa shape index (κ1) is 24.1. The van der Waals surface area contributed by atoms with Crippen LogP contribution >= 0.6 is 23.4 Å². The molecule has 0 radical (unpaired) electrons. The molecule has 1 aromatic heterocycles. The van der Waals surface area contributed by atoms with Crippen LogP contribution in [0.5, 0.6) is 0 Å². The van der Waals surface area contributed by atoms with E-state index in [0.717, 1.165) is 22.0 Å². The number of halogens is 1. The number of carbonyl (C=O) groups excluding carboxylic acids is 1. The molecule has 0 aliphatic rings. The molecule has 0 saturated heterocycles. The minimum atomic E-state index is -0.197. The SMILES string of the molecule is CCN(C(=O)CSc1nc2ccccc2c(=O)n1-c1ccc(C)c(Cl)c1)c1cccc2ccccc12. The highest BCUT2D eigenvalue weighted by molar-refractivity contribution is 7.99. The lowest BCUT2D eigenvalue weighted by atomic mass is 10.1. The summed E-state index contributed by atoms with van der Waals surface area (Å²) in [5.74, 6) is 0.0660. The first-order valence-corrected chi connectivity index (χ1v) is 13.0. The van der Waals surface area contributed by atoms with Gasteiger partial charge in [0, 0.05) is 17.0 Å². The van der Waals surface area contributed by atoms with Crippen molar-refractivity contribution in [2.24, 2.45) is 0 Å². The number of anilines is 1. The molecule has 0 bridgehead atoms. The van der Waals surface area contributed by atoms with Gasteiger partial charge in [-0.15, -0.1) is 0 Å². The Morgan fingerprint density at radius 1 is 0.972 bits per heavy atom. The third-order valence-corrected chi connectivity index (χ3v) is 7.49. The van der Waals surface area contributed by atoms with E-state index < -0.39 is 0 Å². The highest BCUT2D eigenvalue weighted by Gasteiger charge is 2.20. The highest BCUT2D eigenvalue weighted by Crippen LogP contribution is 2.29. The number of nitrogens with zero attached hydrogens (tertiary/aromatic N) is 3. The molecule has 0 fully saturated rings. The highest BCUT2D eigenvalue weighted by atomic mass is 35.5. The van der Waals surface area contributed by atoms with Crippen LogP contribution in [0.15, 0.2) is 94.9 Å². The molecule has 0 atom stereocenters. The quantitative estimate of drug-likeness (QED) is 0.188. The number of aryl methyl sites for hydroxylation is 1. The summed E-state index contributed by atoms with van der Waals surface area (Å²) >= 11 is 7.64. The van der Waals surface area contributed by atoms with Crippen LogP contribution in [-0.4, -0.2) is 27.8 Å². The van der Waals surface area contributed by atoms with E-state index >= 15 is 0 Å². The molecular formula is C29H24ClN3O2S. The molecule has 5 aromatic rings. The Morgan fingerprint density at radius 3 is 2.47 bits per heavy atom. The van der Waals surface area contributed by atoms with Crippen molar-refractivity contribution in [3.05, 3.63) is 106 Å². The van der Waals surface area contributed by atoms with E-state index in [9.17, 15) is 9.59 Å². The molecule has 0 N–H and O–H groups in total. The number of carbonyl (C=O) groups is 1. The lowest BCUT2D eigenvalue weighted by Gasteiger charge is -2.23. The van der Waals surface area contributed by atoms with Crippen LogP contribution in [0.25, 0.3) is 27.4 Å². The molecule has 0 aliphatic heterocycles. The van der Waals surface area contributed by atoms with Crippen molar-refractivity contribution in [2.75, 3.05) is 17.2 Å². The summed E-state index contributed by atoms with van der Waals surface area (Å²) in [7, 11) is 0. The van der Waals surface area contributed by atoms with Crippen LogP contribution in [-0.2, 0) is 4.79 Å². The number of rotatable bonds is 6. The van der Waals surface area contributed by atoms with E-state index in [1.165, 1.54) is 11.8 Å². The van der Waals surface area contributed by atoms with Crippen LogP contribution in [0.3, 0.4) is 0 Å². The first-order valence-electron chi connectivity index (χ1n) is 11.7. The zero-order valence-corrected chi connectivity index (χ0v) is 21.5. The van der Waals surface area contributed by atoms with E-state index in [2.05, 4.69) is 0 Å². The Bertz CT molecular complexity index is 1660. The predicted octanol–water partition coefficient (Wildman–Crippen LogP) is 6.65. The fourth-order valence-corrected chi connectivity index (χ4v) is 5.35. The average Bonchev–Trinajstić information content (AvgIpc) is 2.90.